The molecule has 1 aromatic carbocycles. The van der Waals surface area contributed by atoms with E-state index in [2.05, 4.69) is 14.8 Å². The second-order valence-corrected chi connectivity index (χ2v) is 7.73. The number of hydrogen-bond donors (Lipinski definition) is 0. The highest BCUT2D eigenvalue weighted by molar-refractivity contribution is 6.07. The Balaban J connectivity index is 1.22. The predicted octanol–water partition coefficient (Wildman–Crippen LogP) is 2.05. The molecule has 1 fully saturated rings. The van der Waals surface area contributed by atoms with Gasteiger partial charge in [-0.05, 0) is 37.6 Å². The van der Waals surface area contributed by atoms with E-state index >= 15 is 0 Å². The van der Waals surface area contributed by atoms with Crippen molar-refractivity contribution in [3.05, 3.63) is 48.2 Å². The summed E-state index contributed by atoms with van der Waals surface area (Å²) in [6.45, 7) is 5.02. The van der Waals surface area contributed by atoms with Gasteiger partial charge < -0.3 is 14.4 Å². The Bertz CT molecular complexity index is 927. The van der Waals surface area contributed by atoms with Crippen LogP contribution in [-0.2, 0) is 4.79 Å². The maximum Gasteiger partial charge on any atom is 0.267 e. The normalized spacial score (nSPS) is 17.2. The smallest absolute Gasteiger partial charge is 0.267 e. The van der Waals surface area contributed by atoms with Gasteiger partial charge >= 0.3 is 0 Å². The van der Waals surface area contributed by atoms with Crippen LogP contribution >= 0.6 is 0 Å². The molecule has 0 bridgehead atoms. The highest BCUT2D eigenvalue weighted by Gasteiger charge is 2.29. The molecule has 0 unspecified atom stereocenters. The van der Waals surface area contributed by atoms with Crippen LogP contribution in [0.1, 0.15) is 23.2 Å². The van der Waals surface area contributed by atoms with Crippen molar-refractivity contribution in [3.63, 3.8) is 0 Å². The van der Waals surface area contributed by atoms with E-state index in [1.54, 1.807) is 37.6 Å². The van der Waals surface area contributed by atoms with E-state index < -0.39 is 0 Å². The minimum absolute atomic E-state index is 0.0942. The summed E-state index contributed by atoms with van der Waals surface area (Å²) in [7, 11) is 1.66. The van der Waals surface area contributed by atoms with E-state index in [4.69, 9.17) is 9.47 Å². The van der Waals surface area contributed by atoms with Crippen LogP contribution in [0, 0.1) is 0 Å². The number of rotatable bonds is 7. The molecule has 0 radical (unpaired) electrons. The molecule has 0 spiro atoms. The van der Waals surface area contributed by atoms with Gasteiger partial charge in [-0.2, -0.15) is 0 Å². The zero-order valence-electron chi connectivity index (χ0n) is 17.8. The number of benzene rings is 1. The van der Waals surface area contributed by atoms with E-state index in [-0.39, 0.29) is 18.4 Å². The number of unbranched alkanes of at least 4 members (excludes halogenated alkanes) is 1. The second kappa shape index (κ2) is 9.78. The van der Waals surface area contributed by atoms with Gasteiger partial charge in [0.25, 0.3) is 11.8 Å². The van der Waals surface area contributed by atoms with Crippen LogP contribution in [0.15, 0.2) is 42.6 Å². The number of amides is 2. The molecule has 2 amide bonds. The van der Waals surface area contributed by atoms with Crippen molar-refractivity contribution in [3.8, 4) is 11.5 Å². The van der Waals surface area contributed by atoms with Crippen molar-refractivity contribution in [2.45, 2.75) is 12.8 Å². The lowest BCUT2D eigenvalue weighted by atomic mass is 10.1. The molecule has 4 rings (SSSR count). The number of hydrogen-bond acceptors (Lipinski definition) is 7. The molecule has 2 aromatic rings. The van der Waals surface area contributed by atoms with Gasteiger partial charge in [0.15, 0.2) is 6.61 Å². The molecule has 2 aliphatic rings. The van der Waals surface area contributed by atoms with Crippen LogP contribution in [0.25, 0.3) is 0 Å². The Kier molecular flexibility index (Phi) is 6.66. The number of piperazine rings is 1. The lowest BCUT2D eigenvalue weighted by Crippen LogP contribution is -2.47. The van der Waals surface area contributed by atoms with Crippen LogP contribution in [0.3, 0.4) is 0 Å². The minimum atomic E-state index is -0.277. The molecule has 1 aromatic heterocycles. The topological polar surface area (TPSA) is 75.2 Å². The van der Waals surface area contributed by atoms with E-state index in [1.165, 1.54) is 4.90 Å². The average Bonchev–Trinajstić information content (AvgIpc) is 2.94. The molecule has 31 heavy (non-hydrogen) atoms. The van der Waals surface area contributed by atoms with Gasteiger partial charge in [0.1, 0.15) is 17.3 Å². The first-order valence-electron chi connectivity index (χ1n) is 10.7. The molecule has 3 heterocycles. The van der Waals surface area contributed by atoms with Gasteiger partial charge in [-0.3, -0.25) is 19.4 Å². The molecule has 164 valence electrons. The Morgan fingerprint density at radius 2 is 1.81 bits per heavy atom. The average molecular weight is 425 g/mol. The van der Waals surface area contributed by atoms with Crippen molar-refractivity contribution in [1.29, 1.82) is 0 Å². The second-order valence-electron chi connectivity index (χ2n) is 7.73. The predicted molar refractivity (Wildman–Crippen MR) is 117 cm³/mol. The number of fused-ring (bicyclic) bond motifs is 1. The Morgan fingerprint density at radius 3 is 2.61 bits per heavy atom. The Morgan fingerprint density at radius 1 is 1.03 bits per heavy atom. The molecule has 0 aliphatic carbocycles. The lowest BCUT2D eigenvalue weighted by Gasteiger charge is -2.35. The monoisotopic (exact) mass is 424 g/mol. The first-order valence-corrected chi connectivity index (χ1v) is 10.7. The number of para-hydroxylation sites is 1. The number of carbonyl (C=O) groups excluding carboxylic acids is 2. The van der Waals surface area contributed by atoms with E-state index in [9.17, 15) is 9.59 Å². The standard InChI is InChI=1S/C23H28N4O4/c1-30-18-8-9-24-21(16-18)26-14-12-25(13-15-26)10-4-5-11-27-22(28)17-31-20-7-3-2-6-19(20)23(27)29/h2-3,6-9,16H,4-5,10-15,17H2,1H3. The van der Waals surface area contributed by atoms with Crippen molar-refractivity contribution in [2.24, 2.45) is 0 Å². The molecule has 8 nitrogen and oxygen atoms in total. The third kappa shape index (κ3) is 4.96. The SMILES string of the molecule is COc1ccnc(N2CCN(CCCCN3C(=O)COc4ccccc4C3=O)CC2)c1. The van der Waals surface area contributed by atoms with Crippen LogP contribution in [0.4, 0.5) is 5.82 Å². The van der Waals surface area contributed by atoms with Gasteiger partial charge in [0.2, 0.25) is 0 Å². The summed E-state index contributed by atoms with van der Waals surface area (Å²) >= 11 is 0. The first-order chi connectivity index (χ1) is 15.2. The number of imide groups is 1. The van der Waals surface area contributed by atoms with Crippen LogP contribution in [-0.4, -0.2) is 79.6 Å². The van der Waals surface area contributed by atoms with Gasteiger partial charge in [0, 0.05) is 45.0 Å². The quantitative estimate of drug-likeness (QED) is 0.497. The molecule has 1 saturated heterocycles. The zero-order valence-corrected chi connectivity index (χ0v) is 17.8. The van der Waals surface area contributed by atoms with Crippen LogP contribution in [0.2, 0.25) is 0 Å². The largest absolute Gasteiger partial charge is 0.497 e. The van der Waals surface area contributed by atoms with Gasteiger partial charge in [-0.25, -0.2) is 4.98 Å². The van der Waals surface area contributed by atoms with Gasteiger partial charge in [0.05, 0.1) is 12.7 Å². The molecular weight excluding hydrogens is 396 g/mol. The maximum atomic E-state index is 12.8. The summed E-state index contributed by atoms with van der Waals surface area (Å²) in [6.07, 6.45) is 3.48. The summed E-state index contributed by atoms with van der Waals surface area (Å²) in [6, 6.07) is 10.8. The summed E-state index contributed by atoms with van der Waals surface area (Å²) in [5.74, 6) is 1.70. The lowest BCUT2D eigenvalue weighted by molar-refractivity contribution is -0.130. The molecular formula is C23H28N4O4. The molecule has 0 saturated carbocycles. The minimum Gasteiger partial charge on any atom is -0.497 e. The van der Waals surface area contributed by atoms with E-state index in [0.717, 1.165) is 57.1 Å². The Hall–Kier alpha value is -3.13. The molecule has 2 aliphatic heterocycles. The number of pyridine rings is 1. The van der Waals surface area contributed by atoms with E-state index in [1.807, 2.05) is 12.1 Å². The third-order valence-electron chi connectivity index (χ3n) is 5.77. The first kappa shape index (κ1) is 21.1. The van der Waals surface area contributed by atoms with Crippen molar-refractivity contribution >= 4 is 17.6 Å². The van der Waals surface area contributed by atoms with Crippen molar-refractivity contribution < 1.29 is 19.1 Å². The number of aromatic nitrogens is 1. The third-order valence-corrected chi connectivity index (χ3v) is 5.77. The van der Waals surface area contributed by atoms with Crippen LogP contribution < -0.4 is 14.4 Å². The molecule has 8 heteroatoms. The number of nitrogens with zero attached hydrogens (tertiary/aromatic N) is 4. The molecule has 0 N–H and O–H groups in total. The fourth-order valence-electron chi connectivity index (χ4n) is 3.98. The van der Waals surface area contributed by atoms with Crippen LogP contribution in [0.5, 0.6) is 11.5 Å². The summed E-state index contributed by atoms with van der Waals surface area (Å²) in [5.41, 5.74) is 0.454. The van der Waals surface area contributed by atoms with Gasteiger partial charge in [-0.15, -0.1) is 0 Å². The van der Waals surface area contributed by atoms with Gasteiger partial charge in [-0.1, -0.05) is 12.1 Å². The molecule has 0 atom stereocenters. The fraction of sp³-hybridized carbons (Fsp3) is 0.435. The summed E-state index contributed by atoms with van der Waals surface area (Å²) < 4.78 is 10.8. The number of ether oxygens (including phenoxy) is 2. The maximum absolute atomic E-state index is 12.8. The summed E-state index contributed by atoms with van der Waals surface area (Å²) in [4.78, 5) is 35.6. The number of methoxy groups -OCH3 is 1. The highest BCUT2D eigenvalue weighted by Crippen LogP contribution is 2.23. The number of carbonyl (C=O) groups is 2. The highest BCUT2D eigenvalue weighted by atomic mass is 16.5. The Labute approximate surface area is 182 Å². The summed E-state index contributed by atoms with van der Waals surface area (Å²) in [5, 5.41) is 0. The van der Waals surface area contributed by atoms with Crippen molar-refractivity contribution in [2.75, 3.05) is 57.9 Å². The van der Waals surface area contributed by atoms with E-state index in [0.29, 0.717) is 17.9 Å². The van der Waals surface area contributed by atoms with Crippen molar-refractivity contribution in [1.82, 2.24) is 14.8 Å². The zero-order chi connectivity index (χ0) is 21.6. The fourth-order valence-corrected chi connectivity index (χ4v) is 3.98. The number of anilines is 1.